The first-order valence-corrected chi connectivity index (χ1v) is 17.9. The van der Waals surface area contributed by atoms with Gasteiger partial charge in [0.15, 0.2) is 0 Å². The van der Waals surface area contributed by atoms with Crippen molar-refractivity contribution in [2.45, 2.75) is 12.3 Å². The van der Waals surface area contributed by atoms with E-state index in [1.54, 1.807) is 18.2 Å². The molecule has 4 aromatic carbocycles. The van der Waals surface area contributed by atoms with Crippen molar-refractivity contribution in [2.75, 3.05) is 36.8 Å². The van der Waals surface area contributed by atoms with Gasteiger partial charge in [-0.2, -0.15) is 10.2 Å². The lowest BCUT2D eigenvalue weighted by Crippen LogP contribution is -2.51. The number of alkyl halides is 2. The number of aromatic nitrogens is 4. The van der Waals surface area contributed by atoms with Crippen LogP contribution >= 0.6 is 12.4 Å². The minimum Gasteiger partial charge on any atom is -0.478 e. The summed E-state index contributed by atoms with van der Waals surface area (Å²) in [5, 5.41) is 31.2. The molecule has 0 radical (unpaired) electrons. The van der Waals surface area contributed by atoms with E-state index in [0.717, 1.165) is 24.3 Å². The number of halogens is 7. The number of anilines is 2. The van der Waals surface area contributed by atoms with E-state index in [2.05, 4.69) is 46.3 Å². The molecule has 4 aliphatic heterocycles. The number of benzene rings is 4. The van der Waals surface area contributed by atoms with Gasteiger partial charge in [-0.1, -0.05) is 12.1 Å². The summed E-state index contributed by atoms with van der Waals surface area (Å²) in [5.74, 6) is -4.45. The predicted molar refractivity (Wildman–Crippen MR) is 213 cm³/mol. The molecule has 6 N–H and O–H groups in total. The Morgan fingerprint density at radius 1 is 0.650 bits per heavy atom. The fourth-order valence-electron chi connectivity index (χ4n) is 6.37. The van der Waals surface area contributed by atoms with Crippen molar-refractivity contribution in [1.29, 1.82) is 0 Å². The summed E-state index contributed by atoms with van der Waals surface area (Å²) in [6.45, 7) is 1.28. The Morgan fingerprint density at radius 2 is 1.08 bits per heavy atom. The third-order valence-corrected chi connectivity index (χ3v) is 9.53. The molecule has 6 aromatic rings. The summed E-state index contributed by atoms with van der Waals surface area (Å²) >= 11 is 0. The normalized spacial score (nSPS) is 14.9. The van der Waals surface area contributed by atoms with Crippen LogP contribution in [0.5, 0.6) is 0 Å². The molecule has 2 fully saturated rings. The highest BCUT2D eigenvalue weighted by atomic mass is 35.5. The van der Waals surface area contributed by atoms with Crippen molar-refractivity contribution in [3.8, 4) is 22.5 Å². The molecular formula is C40H31ClF6N10O3. The monoisotopic (exact) mass is 848 g/mol. The van der Waals surface area contributed by atoms with E-state index in [9.17, 15) is 41.0 Å². The van der Waals surface area contributed by atoms with Crippen LogP contribution in [-0.2, 0) is 0 Å². The minimum absolute atomic E-state index is 0. The summed E-state index contributed by atoms with van der Waals surface area (Å²) in [6.07, 6.45) is 1.36. The van der Waals surface area contributed by atoms with Gasteiger partial charge in [0, 0.05) is 29.8 Å². The topological polar surface area (TPSA) is 176 Å². The molecule has 0 unspecified atom stereocenters. The summed E-state index contributed by atoms with van der Waals surface area (Å²) in [7, 11) is 0. The lowest BCUT2D eigenvalue weighted by molar-refractivity contribution is 0.0400. The predicted octanol–water partition coefficient (Wildman–Crippen LogP) is 7.56. The van der Waals surface area contributed by atoms with Crippen LogP contribution in [0.1, 0.15) is 31.8 Å². The van der Waals surface area contributed by atoms with Crippen LogP contribution in [-0.4, -0.2) is 92.5 Å². The Hall–Kier alpha value is -6.99. The Morgan fingerprint density at radius 3 is 1.48 bits per heavy atom. The van der Waals surface area contributed by atoms with Crippen LogP contribution in [0.15, 0.2) is 95.2 Å². The molecule has 6 heterocycles. The number of nitrogens with zero attached hydrogens (tertiary/aromatic N) is 5. The molecule has 308 valence electrons. The lowest BCUT2D eigenvalue weighted by Gasteiger charge is -2.34. The second kappa shape index (κ2) is 17.1. The highest BCUT2D eigenvalue weighted by molar-refractivity contribution is 6.14. The molecule has 0 bridgehead atoms. The van der Waals surface area contributed by atoms with Crippen molar-refractivity contribution >= 4 is 58.7 Å². The van der Waals surface area contributed by atoms with Crippen LogP contribution in [0.3, 0.4) is 0 Å². The number of carboxylic acids is 1. The lowest BCUT2D eigenvalue weighted by atomic mass is 10.0. The van der Waals surface area contributed by atoms with Crippen LogP contribution in [0.25, 0.3) is 22.5 Å². The van der Waals surface area contributed by atoms with Crippen molar-refractivity contribution in [1.82, 2.24) is 30.6 Å². The smallest absolute Gasteiger partial charge is 0.335 e. The summed E-state index contributed by atoms with van der Waals surface area (Å²) in [6, 6.07) is 16.2. The van der Waals surface area contributed by atoms with Gasteiger partial charge in [0.2, 0.25) is 0 Å². The number of hydrogen-bond acceptors (Lipinski definition) is 9. The molecule has 1 amide bonds. The minimum atomic E-state index is -1.09. The molecule has 0 saturated carbocycles. The molecule has 13 nitrogen and oxygen atoms in total. The van der Waals surface area contributed by atoms with Gasteiger partial charge in [-0.25, -0.2) is 41.1 Å². The van der Waals surface area contributed by atoms with Gasteiger partial charge in [-0.3, -0.25) is 15.0 Å². The van der Waals surface area contributed by atoms with E-state index < -0.39 is 41.6 Å². The van der Waals surface area contributed by atoms with Crippen LogP contribution in [0.4, 0.5) is 49.1 Å². The molecule has 2 saturated heterocycles. The number of carbonyl (C=O) groups excluding carboxylic acids is 1. The third kappa shape index (κ3) is 8.16. The molecule has 0 spiro atoms. The maximum absolute atomic E-state index is 14.3. The third-order valence-electron chi connectivity index (χ3n) is 9.53. The Kier molecular flexibility index (Phi) is 11.7. The van der Waals surface area contributed by atoms with Gasteiger partial charge in [-0.15, -0.1) is 12.4 Å². The Bertz CT molecular complexity index is 2640. The number of fused-ring (bicyclic) bond motifs is 6. The molecule has 0 atom stereocenters. The number of rotatable bonds is 4. The van der Waals surface area contributed by atoms with Gasteiger partial charge < -0.3 is 26.0 Å². The summed E-state index contributed by atoms with van der Waals surface area (Å²) in [5.41, 5.74) is 3.51. The number of aromatic carboxylic acids is 1. The number of carboxylic acid groups (broad SMARTS) is 1. The average molecular weight is 849 g/mol. The second-order valence-electron chi connectivity index (χ2n) is 13.5. The van der Waals surface area contributed by atoms with Gasteiger partial charge in [0.1, 0.15) is 47.3 Å². The summed E-state index contributed by atoms with van der Waals surface area (Å²) in [4.78, 5) is 33.9. The fourth-order valence-corrected chi connectivity index (χ4v) is 6.37. The Balaban J connectivity index is 0.000000161. The number of hydrogen-bond donors (Lipinski definition) is 6. The maximum atomic E-state index is 14.3. The number of likely N-dealkylation sites (tertiary alicyclic amines) is 1. The van der Waals surface area contributed by atoms with E-state index in [4.69, 9.17) is 0 Å². The zero-order chi connectivity index (χ0) is 41.4. The number of aliphatic imine (C=N–C) groups is 2. The SMILES string of the molecule is Cl.FC1CNC1.O=C(O)c1ccc2c(c1)-c1[nH]ncc1NC(c1c(F)cccc1F)=N2.O=C(c1ccc2c(c1)-c1[nH]ncc1NC(c1c(F)cccc1F)=N2)N1CC(F)C1. The quantitative estimate of drug-likeness (QED) is 0.0986. The number of amides is 1. The van der Waals surface area contributed by atoms with Crippen LogP contribution in [0.2, 0.25) is 0 Å². The standard InChI is InChI=1S/C20H14F3N5O.C17H10F2N4O2.C3H6FN.ClH/c21-11-8-28(9-11)20(29)10-4-5-15-12(6-10)18-16(7-24-27-18)26-19(25-15)17-13(22)2-1-3-14(17)23;18-10-2-1-3-11(19)14(10)16-21-12-5-4-8(17(24)25)6-9(12)15-13(22-16)7-20-23-15;4-3-1-5-2-3;/h1-7,11H,8-9H2,(H,24,27)(H,25,26);1-7H,(H,20,23)(H,21,22)(H,24,25);3,5H,1-2H2;1H. The number of carbonyl (C=O) groups is 2. The van der Waals surface area contributed by atoms with Crippen LogP contribution < -0.4 is 16.0 Å². The van der Waals surface area contributed by atoms with Gasteiger partial charge in [0.25, 0.3) is 5.91 Å². The highest BCUT2D eigenvalue weighted by Crippen LogP contribution is 2.40. The number of H-pyrrole nitrogens is 2. The number of amidine groups is 2. The first-order valence-electron chi connectivity index (χ1n) is 17.9. The van der Waals surface area contributed by atoms with Crippen molar-refractivity contribution in [3.05, 3.63) is 131 Å². The van der Waals surface area contributed by atoms with Gasteiger partial charge in [-0.05, 0) is 60.7 Å². The van der Waals surface area contributed by atoms with Crippen LogP contribution in [0, 0.1) is 23.3 Å². The molecule has 20 heteroatoms. The largest absolute Gasteiger partial charge is 0.478 e. The second-order valence-corrected chi connectivity index (χ2v) is 13.5. The van der Waals surface area contributed by atoms with E-state index in [1.807, 2.05) is 0 Å². The molecule has 10 rings (SSSR count). The van der Waals surface area contributed by atoms with E-state index in [1.165, 1.54) is 47.6 Å². The fraction of sp³-hybridized carbons (Fsp3) is 0.150. The molecule has 4 aliphatic rings. The molecule has 60 heavy (non-hydrogen) atoms. The van der Waals surface area contributed by atoms with E-state index in [0.29, 0.717) is 63.9 Å². The molecular weight excluding hydrogens is 818 g/mol. The van der Waals surface area contributed by atoms with Gasteiger partial charge >= 0.3 is 5.97 Å². The number of nitrogens with one attached hydrogen (secondary N) is 5. The molecule has 0 aliphatic carbocycles. The van der Waals surface area contributed by atoms with Crippen molar-refractivity contribution < 1.29 is 41.0 Å². The average Bonchev–Trinajstić information content (AvgIpc) is 3.79. The first-order chi connectivity index (χ1) is 28.4. The highest BCUT2D eigenvalue weighted by Gasteiger charge is 2.32. The Labute approximate surface area is 342 Å². The first kappa shape index (κ1) is 41.2. The summed E-state index contributed by atoms with van der Waals surface area (Å²) < 4.78 is 81.5. The van der Waals surface area contributed by atoms with E-state index in [-0.39, 0.29) is 59.8 Å². The zero-order valence-electron chi connectivity index (χ0n) is 30.7. The zero-order valence-corrected chi connectivity index (χ0v) is 31.6. The molecule has 2 aromatic heterocycles. The maximum Gasteiger partial charge on any atom is 0.335 e. The van der Waals surface area contributed by atoms with Crippen molar-refractivity contribution in [3.63, 3.8) is 0 Å². The van der Waals surface area contributed by atoms with E-state index >= 15 is 0 Å². The number of aromatic amines is 2. The van der Waals surface area contributed by atoms with Crippen molar-refractivity contribution in [2.24, 2.45) is 9.98 Å². The van der Waals surface area contributed by atoms with Gasteiger partial charge in [0.05, 0.1) is 76.3 Å².